The van der Waals surface area contributed by atoms with Crippen LogP contribution in [0, 0.1) is 5.41 Å². The van der Waals surface area contributed by atoms with Gasteiger partial charge in [0.25, 0.3) is 5.91 Å². The lowest BCUT2D eigenvalue weighted by atomic mass is 9.68. The van der Waals surface area contributed by atoms with Gasteiger partial charge in [-0.05, 0) is 38.5 Å². The van der Waals surface area contributed by atoms with Gasteiger partial charge < -0.3 is 10.0 Å². The zero-order chi connectivity index (χ0) is 10.4. The average Bonchev–Trinajstić information content (AvgIpc) is 2.44. The molecule has 0 aromatic carbocycles. The largest absolute Gasteiger partial charge is 0.381 e. The molecule has 1 N–H and O–H groups in total. The van der Waals surface area contributed by atoms with Gasteiger partial charge in [0.05, 0.1) is 0 Å². The van der Waals surface area contributed by atoms with E-state index in [1.807, 2.05) is 4.90 Å². The summed E-state index contributed by atoms with van der Waals surface area (Å²) in [6.45, 7) is 4.85. The smallest absolute Gasteiger partial charge is 0.253 e. The van der Waals surface area contributed by atoms with E-state index in [9.17, 15) is 9.90 Å². The highest BCUT2D eigenvalue weighted by atomic mass is 16.3. The van der Waals surface area contributed by atoms with Crippen molar-refractivity contribution >= 4 is 5.91 Å². The fourth-order valence-electron chi connectivity index (χ4n) is 2.58. The quantitative estimate of drug-likeness (QED) is 0.685. The van der Waals surface area contributed by atoms with Crippen molar-refractivity contribution in [2.24, 2.45) is 5.41 Å². The normalized spacial score (nSPS) is 25.2. The fourth-order valence-corrected chi connectivity index (χ4v) is 2.58. The first-order valence-electron chi connectivity index (χ1n) is 5.45. The first-order chi connectivity index (χ1) is 6.43. The number of likely N-dealkylation sites (tertiary alicyclic amines) is 1. The average molecular weight is 197 g/mol. The maximum Gasteiger partial charge on any atom is 0.253 e. The van der Waals surface area contributed by atoms with Crippen molar-refractivity contribution in [1.29, 1.82) is 0 Å². The molecule has 2 rings (SSSR count). The van der Waals surface area contributed by atoms with Gasteiger partial charge in [-0.1, -0.05) is 6.42 Å². The van der Waals surface area contributed by atoms with Crippen LogP contribution in [0.4, 0.5) is 0 Å². The minimum Gasteiger partial charge on any atom is -0.381 e. The van der Waals surface area contributed by atoms with E-state index in [0.717, 1.165) is 19.5 Å². The second-order valence-electron chi connectivity index (χ2n) is 5.39. The van der Waals surface area contributed by atoms with E-state index in [1.54, 1.807) is 13.8 Å². The predicted molar refractivity (Wildman–Crippen MR) is 53.8 cm³/mol. The lowest BCUT2D eigenvalue weighted by Crippen LogP contribution is -2.45. The van der Waals surface area contributed by atoms with E-state index >= 15 is 0 Å². The topological polar surface area (TPSA) is 40.5 Å². The molecule has 1 saturated heterocycles. The van der Waals surface area contributed by atoms with Crippen LogP contribution in [0.2, 0.25) is 0 Å². The van der Waals surface area contributed by atoms with Crippen LogP contribution in [0.5, 0.6) is 0 Å². The maximum absolute atomic E-state index is 11.8. The van der Waals surface area contributed by atoms with Crippen LogP contribution in [0.15, 0.2) is 0 Å². The Balaban J connectivity index is 1.98. The van der Waals surface area contributed by atoms with E-state index in [2.05, 4.69) is 0 Å². The maximum atomic E-state index is 11.8. The Hall–Kier alpha value is -0.570. The summed E-state index contributed by atoms with van der Waals surface area (Å²) in [6, 6.07) is 0. The molecule has 1 saturated carbocycles. The summed E-state index contributed by atoms with van der Waals surface area (Å²) in [4.78, 5) is 13.6. The minimum absolute atomic E-state index is 0.110. The van der Waals surface area contributed by atoms with Gasteiger partial charge in [-0.2, -0.15) is 0 Å². The molecular weight excluding hydrogens is 178 g/mol. The van der Waals surface area contributed by atoms with Gasteiger partial charge in [0.15, 0.2) is 0 Å². The molecule has 3 heteroatoms. The van der Waals surface area contributed by atoms with Crippen molar-refractivity contribution in [1.82, 2.24) is 4.90 Å². The van der Waals surface area contributed by atoms with Crippen molar-refractivity contribution < 1.29 is 9.90 Å². The predicted octanol–water partition coefficient (Wildman–Crippen LogP) is 1.16. The molecular formula is C11H19NO2. The molecule has 80 valence electrons. The lowest BCUT2D eigenvalue weighted by Gasteiger charge is -2.38. The van der Waals surface area contributed by atoms with Crippen LogP contribution in [-0.2, 0) is 4.79 Å². The molecule has 1 aliphatic heterocycles. The molecule has 0 aromatic rings. The van der Waals surface area contributed by atoms with Gasteiger partial charge in [-0.3, -0.25) is 4.79 Å². The number of amides is 1. The standard InChI is InChI=1S/C11H19NO2/c1-10(2,14)9(13)12-7-6-11(8-12)4-3-5-11/h14H,3-8H2,1-2H3. The molecule has 2 aliphatic rings. The number of nitrogens with zero attached hydrogens (tertiary/aromatic N) is 1. The van der Waals surface area contributed by atoms with Crippen molar-refractivity contribution in [2.45, 2.75) is 45.1 Å². The SMILES string of the molecule is CC(C)(O)C(=O)N1CCC2(CCC2)C1. The Bertz CT molecular complexity index is 251. The zero-order valence-electron chi connectivity index (χ0n) is 9.05. The van der Waals surface area contributed by atoms with E-state index in [-0.39, 0.29) is 5.91 Å². The van der Waals surface area contributed by atoms with Gasteiger partial charge in [0.1, 0.15) is 5.60 Å². The summed E-state index contributed by atoms with van der Waals surface area (Å²) >= 11 is 0. The molecule has 14 heavy (non-hydrogen) atoms. The third-order valence-electron chi connectivity index (χ3n) is 3.66. The Morgan fingerprint density at radius 1 is 1.36 bits per heavy atom. The number of hydrogen-bond donors (Lipinski definition) is 1. The van der Waals surface area contributed by atoms with Crippen molar-refractivity contribution in [2.75, 3.05) is 13.1 Å². The highest BCUT2D eigenvalue weighted by Crippen LogP contribution is 2.48. The van der Waals surface area contributed by atoms with E-state index < -0.39 is 5.60 Å². The third kappa shape index (κ3) is 1.54. The van der Waals surface area contributed by atoms with E-state index in [4.69, 9.17) is 0 Å². The highest BCUT2D eigenvalue weighted by Gasteiger charge is 2.45. The second kappa shape index (κ2) is 2.96. The minimum atomic E-state index is -1.20. The van der Waals surface area contributed by atoms with Gasteiger partial charge in [-0.25, -0.2) is 0 Å². The molecule has 2 fully saturated rings. The number of aliphatic hydroxyl groups is 1. The van der Waals surface area contributed by atoms with Crippen LogP contribution in [0.1, 0.15) is 39.5 Å². The number of carbonyl (C=O) groups excluding carboxylic acids is 1. The van der Waals surface area contributed by atoms with Crippen LogP contribution in [-0.4, -0.2) is 34.6 Å². The van der Waals surface area contributed by atoms with Gasteiger partial charge in [0, 0.05) is 13.1 Å². The van der Waals surface area contributed by atoms with Crippen molar-refractivity contribution in [3.8, 4) is 0 Å². The molecule has 0 unspecified atom stereocenters. The van der Waals surface area contributed by atoms with Crippen molar-refractivity contribution in [3.05, 3.63) is 0 Å². The summed E-state index contributed by atoms with van der Waals surface area (Å²) in [5.74, 6) is -0.110. The first kappa shape index (κ1) is 9.97. The molecule has 1 aliphatic carbocycles. The monoisotopic (exact) mass is 197 g/mol. The molecule has 0 radical (unpaired) electrons. The van der Waals surface area contributed by atoms with Gasteiger partial charge in [0.2, 0.25) is 0 Å². The Morgan fingerprint density at radius 3 is 2.36 bits per heavy atom. The number of hydrogen-bond acceptors (Lipinski definition) is 2. The number of carbonyl (C=O) groups is 1. The molecule has 0 atom stereocenters. The second-order valence-corrected chi connectivity index (χ2v) is 5.39. The molecule has 1 heterocycles. The fraction of sp³-hybridized carbons (Fsp3) is 0.909. The van der Waals surface area contributed by atoms with E-state index in [0.29, 0.717) is 5.41 Å². The molecule has 0 aromatic heterocycles. The Kier molecular flexibility index (Phi) is 2.11. The van der Waals surface area contributed by atoms with Crippen LogP contribution < -0.4 is 0 Å². The Labute approximate surface area is 85.1 Å². The van der Waals surface area contributed by atoms with E-state index in [1.165, 1.54) is 19.3 Å². The lowest BCUT2D eigenvalue weighted by molar-refractivity contribution is -0.147. The number of rotatable bonds is 1. The molecule has 1 spiro atoms. The summed E-state index contributed by atoms with van der Waals surface area (Å²) in [5.41, 5.74) is -0.768. The summed E-state index contributed by atoms with van der Waals surface area (Å²) in [6.07, 6.45) is 4.98. The van der Waals surface area contributed by atoms with Crippen LogP contribution >= 0.6 is 0 Å². The zero-order valence-corrected chi connectivity index (χ0v) is 9.05. The Morgan fingerprint density at radius 2 is 2.00 bits per heavy atom. The van der Waals surface area contributed by atoms with Crippen molar-refractivity contribution in [3.63, 3.8) is 0 Å². The summed E-state index contributed by atoms with van der Waals surface area (Å²) < 4.78 is 0. The first-order valence-corrected chi connectivity index (χ1v) is 5.45. The van der Waals surface area contributed by atoms with Gasteiger partial charge >= 0.3 is 0 Å². The summed E-state index contributed by atoms with van der Waals surface area (Å²) in [7, 11) is 0. The highest BCUT2D eigenvalue weighted by molar-refractivity contribution is 5.84. The van der Waals surface area contributed by atoms with Crippen LogP contribution in [0.3, 0.4) is 0 Å². The molecule has 3 nitrogen and oxygen atoms in total. The molecule has 1 amide bonds. The summed E-state index contributed by atoms with van der Waals surface area (Å²) in [5, 5.41) is 9.62. The third-order valence-corrected chi connectivity index (χ3v) is 3.66. The molecule has 0 bridgehead atoms. The van der Waals surface area contributed by atoms with Crippen LogP contribution in [0.25, 0.3) is 0 Å². The van der Waals surface area contributed by atoms with Gasteiger partial charge in [-0.15, -0.1) is 0 Å².